The molecule has 2 unspecified atom stereocenters. The summed E-state index contributed by atoms with van der Waals surface area (Å²) in [7, 11) is 1.59. The van der Waals surface area contributed by atoms with Crippen molar-refractivity contribution in [2.75, 3.05) is 13.7 Å². The van der Waals surface area contributed by atoms with Crippen LogP contribution in [0.5, 0.6) is 5.75 Å². The number of ether oxygens (including phenoxy) is 1. The van der Waals surface area contributed by atoms with Gasteiger partial charge in [-0.15, -0.1) is 0 Å². The Morgan fingerprint density at radius 1 is 1.30 bits per heavy atom. The number of carbonyl (C=O) groups is 1. The topological polar surface area (TPSA) is 68.2 Å². The second kappa shape index (κ2) is 8.33. The Labute approximate surface area is 136 Å². The third-order valence-electron chi connectivity index (χ3n) is 3.89. The average molecular weight is 316 g/mol. The highest BCUT2D eigenvalue weighted by Gasteiger charge is 2.14. The molecule has 6 nitrogen and oxygen atoms in total. The minimum absolute atomic E-state index is 0.0206. The Morgan fingerprint density at radius 3 is 2.78 bits per heavy atom. The molecule has 2 aromatic rings. The second-order valence-corrected chi connectivity index (χ2v) is 5.47. The van der Waals surface area contributed by atoms with Gasteiger partial charge in [0, 0.05) is 37.6 Å². The van der Waals surface area contributed by atoms with Gasteiger partial charge >= 0.3 is 0 Å². The van der Waals surface area contributed by atoms with E-state index in [1.807, 2.05) is 41.2 Å². The molecule has 1 heterocycles. The predicted octanol–water partition coefficient (Wildman–Crippen LogP) is 1.75. The number of benzene rings is 1. The molecule has 1 aromatic heterocycles. The third-order valence-corrected chi connectivity index (χ3v) is 3.89. The van der Waals surface area contributed by atoms with Crippen LogP contribution in [0.3, 0.4) is 0 Å². The van der Waals surface area contributed by atoms with Crippen molar-refractivity contribution in [2.45, 2.75) is 32.5 Å². The molecule has 124 valence electrons. The fourth-order valence-corrected chi connectivity index (χ4v) is 2.20. The number of hydrogen-bond acceptors (Lipinski definition) is 4. The minimum Gasteiger partial charge on any atom is -0.483 e. The van der Waals surface area contributed by atoms with E-state index in [1.165, 1.54) is 0 Å². The van der Waals surface area contributed by atoms with E-state index in [4.69, 9.17) is 4.74 Å². The van der Waals surface area contributed by atoms with Crippen molar-refractivity contribution in [2.24, 2.45) is 0 Å². The predicted molar refractivity (Wildman–Crippen MR) is 89.2 cm³/mol. The summed E-state index contributed by atoms with van der Waals surface area (Å²) in [6.07, 6.45) is 3.74. The molecule has 0 saturated carbocycles. The van der Waals surface area contributed by atoms with Crippen LogP contribution in [0, 0.1) is 0 Å². The summed E-state index contributed by atoms with van der Waals surface area (Å²) in [5, 5.41) is 10.3. The molecule has 1 aromatic carbocycles. The number of hydrogen-bond donors (Lipinski definition) is 2. The van der Waals surface area contributed by atoms with Gasteiger partial charge in [-0.2, -0.15) is 5.10 Å². The lowest BCUT2D eigenvalue weighted by molar-refractivity contribution is -0.122. The lowest BCUT2D eigenvalue weighted by atomic mass is 10.1. The number of nitrogens with zero attached hydrogens (tertiary/aromatic N) is 2. The number of carbonyl (C=O) groups excluding carboxylic acids is 1. The maximum Gasteiger partial charge on any atom is 0.257 e. The summed E-state index contributed by atoms with van der Waals surface area (Å²) in [6, 6.07) is 10.1. The lowest BCUT2D eigenvalue weighted by Gasteiger charge is -2.22. The summed E-state index contributed by atoms with van der Waals surface area (Å²) < 4.78 is 7.52. The van der Waals surface area contributed by atoms with E-state index in [9.17, 15) is 4.79 Å². The van der Waals surface area contributed by atoms with Crippen LogP contribution < -0.4 is 15.4 Å². The van der Waals surface area contributed by atoms with Crippen molar-refractivity contribution in [1.82, 2.24) is 20.4 Å². The van der Waals surface area contributed by atoms with Crippen molar-refractivity contribution in [3.8, 4) is 5.75 Å². The van der Waals surface area contributed by atoms with Gasteiger partial charge in [0.1, 0.15) is 5.75 Å². The highest BCUT2D eigenvalue weighted by molar-refractivity contribution is 5.77. The molecule has 23 heavy (non-hydrogen) atoms. The van der Waals surface area contributed by atoms with Gasteiger partial charge in [-0.05, 0) is 26.0 Å². The van der Waals surface area contributed by atoms with Gasteiger partial charge in [0.2, 0.25) is 0 Å². The first kappa shape index (κ1) is 17.0. The summed E-state index contributed by atoms with van der Waals surface area (Å²) in [6.45, 7) is 4.93. The summed E-state index contributed by atoms with van der Waals surface area (Å²) in [4.78, 5) is 11.3. The number of aromatic nitrogens is 2. The summed E-state index contributed by atoms with van der Waals surface area (Å²) in [5.41, 5.74) is 1.02. The number of amides is 1. The average Bonchev–Trinajstić information content (AvgIpc) is 3.12. The van der Waals surface area contributed by atoms with Gasteiger partial charge in [0.15, 0.2) is 6.61 Å². The molecular weight excluding hydrogens is 292 g/mol. The minimum atomic E-state index is -0.145. The molecule has 2 atom stereocenters. The van der Waals surface area contributed by atoms with Crippen molar-refractivity contribution in [3.05, 3.63) is 48.3 Å². The van der Waals surface area contributed by atoms with E-state index in [1.54, 1.807) is 13.2 Å². The van der Waals surface area contributed by atoms with E-state index in [0.717, 1.165) is 11.3 Å². The highest BCUT2D eigenvalue weighted by atomic mass is 16.5. The van der Waals surface area contributed by atoms with Gasteiger partial charge in [-0.3, -0.25) is 9.48 Å². The fraction of sp³-hybridized carbons (Fsp3) is 0.412. The maximum absolute atomic E-state index is 11.3. The van der Waals surface area contributed by atoms with E-state index in [0.29, 0.717) is 6.54 Å². The van der Waals surface area contributed by atoms with Crippen LogP contribution in [0.1, 0.15) is 25.5 Å². The van der Waals surface area contributed by atoms with Crippen LogP contribution in [0.15, 0.2) is 42.7 Å². The first-order valence-electron chi connectivity index (χ1n) is 7.75. The Kier molecular flexibility index (Phi) is 6.17. The van der Waals surface area contributed by atoms with Gasteiger partial charge in [-0.25, -0.2) is 0 Å². The van der Waals surface area contributed by atoms with Crippen molar-refractivity contribution in [3.63, 3.8) is 0 Å². The first-order valence-corrected chi connectivity index (χ1v) is 7.75. The standard InChI is InChI=1S/C17H24N4O2/c1-13(14(2)21-10-6-9-20-21)19-11-15-7-4-5-8-16(15)23-12-17(22)18-3/h4-10,13-14,19H,11-12H2,1-3H3,(H,18,22). The largest absolute Gasteiger partial charge is 0.483 e. The molecule has 2 rings (SSSR count). The normalized spacial score (nSPS) is 13.3. The molecule has 0 spiro atoms. The van der Waals surface area contributed by atoms with Gasteiger partial charge in [-0.1, -0.05) is 18.2 Å². The molecular formula is C17H24N4O2. The zero-order valence-electron chi connectivity index (χ0n) is 13.8. The van der Waals surface area contributed by atoms with Gasteiger partial charge in [0.05, 0.1) is 6.04 Å². The number of rotatable bonds is 8. The molecule has 0 saturated heterocycles. The van der Waals surface area contributed by atoms with E-state index in [2.05, 4.69) is 29.6 Å². The van der Waals surface area contributed by atoms with Crippen LogP contribution in [0.2, 0.25) is 0 Å². The number of nitrogens with one attached hydrogen (secondary N) is 2. The van der Waals surface area contributed by atoms with Crippen molar-refractivity contribution < 1.29 is 9.53 Å². The van der Waals surface area contributed by atoms with Crippen LogP contribution >= 0.6 is 0 Å². The first-order chi connectivity index (χ1) is 11.1. The molecule has 0 bridgehead atoms. The molecule has 6 heteroatoms. The highest BCUT2D eigenvalue weighted by Crippen LogP contribution is 2.18. The third kappa shape index (κ3) is 4.82. The Bertz CT molecular complexity index is 613. The van der Waals surface area contributed by atoms with E-state index in [-0.39, 0.29) is 24.6 Å². The summed E-state index contributed by atoms with van der Waals surface area (Å²) in [5.74, 6) is 0.580. The zero-order valence-corrected chi connectivity index (χ0v) is 13.8. The molecule has 1 amide bonds. The van der Waals surface area contributed by atoms with Crippen LogP contribution in [0.4, 0.5) is 0 Å². The number of likely N-dealkylation sites (N-methyl/N-ethyl adjacent to an activating group) is 1. The Morgan fingerprint density at radius 2 is 2.09 bits per heavy atom. The van der Waals surface area contributed by atoms with Crippen LogP contribution in [-0.4, -0.2) is 35.4 Å². The molecule has 0 fully saturated rings. The van der Waals surface area contributed by atoms with Crippen LogP contribution in [0.25, 0.3) is 0 Å². The fourth-order valence-electron chi connectivity index (χ4n) is 2.20. The van der Waals surface area contributed by atoms with Crippen molar-refractivity contribution >= 4 is 5.91 Å². The lowest BCUT2D eigenvalue weighted by Crippen LogP contribution is -2.33. The second-order valence-electron chi connectivity index (χ2n) is 5.47. The molecule has 0 aliphatic rings. The molecule has 0 aliphatic carbocycles. The molecule has 0 radical (unpaired) electrons. The molecule has 2 N–H and O–H groups in total. The Balaban J connectivity index is 1.93. The molecule has 0 aliphatic heterocycles. The number of para-hydroxylation sites is 1. The zero-order chi connectivity index (χ0) is 16.7. The van der Waals surface area contributed by atoms with Crippen LogP contribution in [-0.2, 0) is 11.3 Å². The quantitative estimate of drug-likeness (QED) is 0.778. The van der Waals surface area contributed by atoms with Crippen molar-refractivity contribution in [1.29, 1.82) is 0 Å². The SMILES string of the molecule is CNC(=O)COc1ccccc1CNC(C)C(C)n1cccn1. The van der Waals surface area contributed by atoms with Gasteiger partial charge in [0.25, 0.3) is 5.91 Å². The smallest absolute Gasteiger partial charge is 0.257 e. The van der Waals surface area contributed by atoms with E-state index >= 15 is 0 Å². The summed E-state index contributed by atoms with van der Waals surface area (Å²) >= 11 is 0. The van der Waals surface area contributed by atoms with Gasteiger partial charge < -0.3 is 15.4 Å². The Hall–Kier alpha value is -2.34. The van der Waals surface area contributed by atoms with E-state index < -0.39 is 0 Å². The maximum atomic E-state index is 11.3. The monoisotopic (exact) mass is 316 g/mol.